The maximum atomic E-state index is 13.1. The fourth-order valence-corrected chi connectivity index (χ4v) is 8.12. The van der Waals surface area contributed by atoms with Crippen molar-refractivity contribution in [2.24, 2.45) is 0 Å². The van der Waals surface area contributed by atoms with Crippen LogP contribution in [0.2, 0.25) is 0 Å². The summed E-state index contributed by atoms with van der Waals surface area (Å²) in [6.07, 6.45) is 13.4. The molecule has 0 unspecified atom stereocenters. The van der Waals surface area contributed by atoms with Crippen LogP contribution in [-0.2, 0) is 16.5 Å². The zero-order valence-corrected chi connectivity index (χ0v) is 30.5. The van der Waals surface area contributed by atoms with E-state index in [1.165, 1.54) is 61.2 Å². The lowest BCUT2D eigenvalue weighted by Gasteiger charge is -2.12. The third-order valence-electron chi connectivity index (χ3n) is 7.77. The standard InChI is InChI=1S/C30H38O3S2.C12H10S/c1-2-3-4-5-6-7-8-9-10-12-17-26-18-15-16-21-30(26)35(31,32)33-27-22-24-29(25-23-27)34-28-19-13-11-14-20-28;1-3-7-11(8-4-1)13-12-9-5-2-6-10-12/h11,13-16,18-25H,2-10,12,17H2,1H3;1-10H. The van der Waals surface area contributed by atoms with Gasteiger partial charge in [0.15, 0.2) is 0 Å². The van der Waals surface area contributed by atoms with Crippen molar-refractivity contribution < 1.29 is 12.6 Å². The number of hydrogen-bond acceptors (Lipinski definition) is 5. The number of hydrogen-bond donors (Lipinski definition) is 0. The monoisotopic (exact) mass is 696 g/mol. The zero-order chi connectivity index (χ0) is 33.7. The second-order valence-corrected chi connectivity index (χ2v) is 15.5. The van der Waals surface area contributed by atoms with E-state index >= 15 is 0 Å². The maximum Gasteiger partial charge on any atom is 0.339 e. The summed E-state index contributed by atoms with van der Waals surface area (Å²) in [6, 6.07) is 45.3. The minimum absolute atomic E-state index is 0.277. The lowest BCUT2D eigenvalue weighted by molar-refractivity contribution is 0.484. The minimum atomic E-state index is -3.88. The molecule has 0 bridgehead atoms. The molecule has 0 aliphatic heterocycles. The van der Waals surface area contributed by atoms with E-state index in [1.54, 1.807) is 47.8 Å². The van der Waals surface area contributed by atoms with Gasteiger partial charge in [-0.05, 0) is 85.1 Å². The van der Waals surface area contributed by atoms with Crippen LogP contribution in [0.4, 0.5) is 0 Å². The van der Waals surface area contributed by atoms with E-state index < -0.39 is 10.1 Å². The Kier molecular flexibility index (Phi) is 16.7. The Morgan fingerprint density at radius 1 is 0.458 bits per heavy atom. The van der Waals surface area contributed by atoms with E-state index in [0.717, 1.165) is 34.6 Å². The average Bonchev–Trinajstić information content (AvgIpc) is 3.12. The van der Waals surface area contributed by atoms with Gasteiger partial charge >= 0.3 is 10.1 Å². The van der Waals surface area contributed by atoms with E-state index in [1.807, 2.05) is 66.7 Å². The van der Waals surface area contributed by atoms with Gasteiger partial charge in [0, 0.05) is 19.6 Å². The molecule has 5 aromatic rings. The summed E-state index contributed by atoms with van der Waals surface area (Å²) in [5.74, 6) is 0.330. The number of benzene rings is 5. The van der Waals surface area contributed by atoms with Crippen molar-refractivity contribution in [2.75, 3.05) is 0 Å². The molecule has 3 nitrogen and oxygen atoms in total. The van der Waals surface area contributed by atoms with Gasteiger partial charge in [-0.3, -0.25) is 0 Å². The van der Waals surface area contributed by atoms with Crippen molar-refractivity contribution in [3.8, 4) is 5.75 Å². The fraction of sp³-hybridized carbons (Fsp3) is 0.286. The predicted molar refractivity (Wildman–Crippen MR) is 204 cm³/mol. The van der Waals surface area contributed by atoms with E-state index in [-0.39, 0.29) is 4.90 Å². The minimum Gasteiger partial charge on any atom is -0.379 e. The molecular weight excluding hydrogens is 649 g/mol. The van der Waals surface area contributed by atoms with Gasteiger partial charge in [0.1, 0.15) is 10.6 Å². The van der Waals surface area contributed by atoms with E-state index in [4.69, 9.17) is 4.18 Å². The largest absolute Gasteiger partial charge is 0.379 e. The van der Waals surface area contributed by atoms with Gasteiger partial charge in [0.2, 0.25) is 0 Å². The second-order valence-electron chi connectivity index (χ2n) is 11.7. The first kappa shape index (κ1) is 37.4. The van der Waals surface area contributed by atoms with E-state index in [0.29, 0.717) is 5.75 Å². The van der Waals surface area contributed by atoms with Gasteiger partial charge in [-0.1, -0.05) is 161 Å². The molecule has 48 heavy (non-hydrogen) atoms. The quantitative estimate of drug-likeness (QED) is 0.0674. The number of rotatable bonds is 18. The number of aryl methyl sites for hydroxylation is 1. The third kappa shape index (κ3) is 14.0. The van der Waals surface area contributed by atoms with Crippen LogP contribution in [0.25, 0.3) is 0 Å². The first-order valence-corrected chi connectivity index (χ1v) is 20.2. The highest BCUT2D eigenvalue weighted by atomic mass is 32.2. The molecule has 5 rings (SSSR count). The third-order valence-corrected chi connectivity index (χ3v) is 11.2. The topological polar surface area (TPSA) is 43.4 Å². The van der Waals surface area contributed by atoms with Gasteiger partial charge in [-0.2, -0.15) is 8.42 Å². The van der Waals surface area contributed by atoms with Crippen molar-refractivity contribution >= 4 is 33.6 Å². The Bertz CT molecular complexity index is 1640. The number of unbranched alkanes of at least 4 members (excludes halogenated alkanes) is 9. The van der Waals surface area contributed by atoms with Crippen molar-refractivity contribution in [1.82, 2.24) is 0 Å². The molecule has 0 heterocycles. The van der Waals surface area contributed by atoms with Crippen molar-refractivity contribution in [2.45, 2.75) is 102 Å². The lowest BCUT2D eigenvalue weighted by Crippen LogP contribution is -2.12. The van der Waals surface area contributed by atoms with Crippen molar-refractivity contribution in [3.05, 3.63) is 145 Å². The molecule has 0 fully saturated rings. The molecular formula is C42H48O3S3. The molecule has 0 N–H and O–H groups in total. The predicted octanol–water partition coefficient (Wildman–Crippen LogP) is 12.9. The van der Waals surface area contributed by atoms with Crippen molar-refractivity contribution in [1.29, 1.82) is 0 Å². The molecule has 0 saturated heterocycles. The summed E-state index contributed by atoms with van der Waals surface area (Å²) in [7, 11) is -3.88. The fourth-order valence-electron chi connectivity index (χ4n) is 5.23. The molecule has 0 saturated carbocycles. The van der Waals surface area contributed by atoms with E-state index in [9.17, 15) is 8.42 Å². The molecule has 0 aromatic heterocycles. The van der Waals surface area contributed by atoms with Crippen LogP contribution < -0.4 is 4.18 Å². The highest BCUT2D eigenvalue weighted by molar-refractivity contribution is 7.99. The molecule has 0 amide bonds. The van der Waals surface area contributed by atoms with Crippen LogP contribution in [0, 0.1) is 0 Å². The van der Waals surface area contributed by atoms with Gasteiger partial charge in [0.05, 0.1) is 0 Å². The van der Waals surface area contributed by atoms with Crippen LogP contribution in [0.15, 0.2) is 164 Å². The summed E-state index contributed by atoms with van der Waals surface area (Å²) in [6.45, 7) is 2.25. The molecule has 0 atom stereocenters. The van der Waals surface area contributed by atoms with Gasteiger partial charge in [-0.25, -0.2) is 0 Å². The SMILES string of the molecule is CCCCCCCCCCCCc1ccccc1S(=O)(=O)Oc1ccc(Sc2ccccc2)cc1.c1ccc(Sc2ccccc2)cc1. The second kappa shape index (κ2) is 21.5. The molecule has 0 aliphatic carbocycles. The lowest BCUT2D eigenvalue weighted by atomic mass is 10.0. The molecule has 0 radical (unpaired) electrons. The molecule has 0 aliphatic rings. The summed E-state index contributed by atoms with van der Waals surface area (Å²) >= 11 is 3.42. The maximum absolute atomic E-state index is 13.1. The van der Waals surface area contributed by atoms with Crippen LogP contribution in [0.5, 0.6) is 5.75 Å². The molecule has 6 heteroatoms. The van der Waals surface area contributed by atoms with Gasteiger partial charge in [0.25, 0.3) is 0 Å². The summed E-state index contributed by atoms with van der Waals surface area (Å²) in [5.41, 5.74) is 0.836. The Balaban J connectivity index is 0.000000331. The molecule has 252 valence electrons. The van der Waals surface area contributed by atoms with E-state index in [2.05, 4.69) is 55.5 Å². The van der Waals surface area contributed by atoms with Gasteiger partial charge < -0.3 is 4.18 Å². The summed E-state index contributed by atoms with van der Waals surface area (Å²) in [5, 5.41) is 0. The smallest absolute Gasteiger partial charge is 0.339 e. The zero-order valence-electron chi connectivity index (χ0n) is 28.0. The van der Waals surface area contributed by atoms with Crippen LogP contribution in [0.1, 0.15) is 76.7 Å². The Morgan fingerprint density at radius 3 is 1.33 bits per heavy atom. The Hall–Kier alpha value is -3.45. The first-order valence-electron chi connectivity index (χ1n) is 17.2. The summed E-state index contributed by atoms with van der Waals surface area (Å²) in [4.78, 5) is 5.01. The normalized spacial score (nSPS) is 11.0. The van der Waals surface area contributed by atoms with Crippen molar-refractivity contribution in [3.63, 3.8) is 0 Å². The first-order chi connectivity index (χ1) is 23.5. The molecule has 5 aromatic carbocycles. The Morgan fingerprint density at radius 2 is 0.854 bits per heavy atom. The summed E-state index contributed by atoms with van der Waals surface area (Å²) < 4.78 is 31.6. The highest BCUT2D eigenvalue weighted by Gasteiger charge is 2.20. The van der Waals surface area contributed by atoms with Crippen LogP contribution in [0.3, 0.4) is 0 Å². The van der Waals surface area contributed by atoms with Crippen LogP contribution >= 0.6 is 23.5 Å². The Labute approximate surface area is 297 Å². The van der Waals surface area contributed by atoms with Crippen LogP contribution in [-0.4, -0.2) is 8.42 Å². The molecule has 0 spiro atoms. The highest BCUT2D eigenvalue weighted by Crippen LogP contribution is 2.30. The average molecular weight is 697 g/mol. The van der Waals surface area contributed by atoms with Gasteiger partial charge in [-0.15, -0.1) is 0 Å².